The van der Waals surface area contributed by atoms with Crippen molar-refractivity contribution in [2.24, 2.45) is 5.92 Å². The fourth-order valence-electron chi connectivity index (χ4n) is 2.87. The summed E-state index contributed by atoms with van der Waals surface area (Å²) in [6, 6.07) is 8.55. The minimum absolute atomic E-state index is 0.218. The summed E-state index contributed by atoms with van der Waals surface area (Å²) in [7, 11) is 0. The lowest BCUT2D eigenvalue weighted by Crippen LogP contribution is -2.35. The van der Waals surface area contributed by atoms with Gasteiger partial charge >= 0.3 is 0 Å². The number of para-hydroxylation sites is 1. The van der Waals surface area contributed by atoms with Gasteiger partial charge in [0.1, 0.15) is 5.75 Å². The van der Waals surface area contributed by atoms with Gasteiger partial charge in [-0.05, 0) is 38.3 Å². The average molecular weight is 277 g/mol. The van der Waals surface area contributed by atoms with E-state index in [1.54, 1.807) is 0 Å². The van der Waals surface area contributed by atoms with Crippen LogP contribution in [0.5, 0.6) is 5.75 Å². The summed E-state index contributed by atoms with van der Waals surface area (Å²) >= 11 is 0. The first-order valence-electron chi connectivity index (χ1n) is 7.84. The lowest BCUT2D eigenvalue weighted by atomic mass is 9.92. The average Bonchev–Trinajstić information content (AvgIpc) is 2.88. The molecule has 0 bridgehead atoms. The second-order valence-corrected chi connectivity index (χ2v) is 5.50. The predicted octanol–water partition coefficient (Wildman–Crippen LogP) is 3.55. The molecule has 0 aromatic heterocycles. The standard InChI is InChI=1S/C17H27NO2/c1-4-11-18-16(17-13(3)10-12-20-17)14-8-6-7-9-15(14)19-5-2/h6-9,13,16-18H,4-5,10-12H2,1-3H3. The minimum Gasteiger partial charge on any atom is -0.494 e. The highest BCUT2D eigenvalue weighted by molar-refractivity contribution is 5.37. The van der Waals surface area contributed by atoms with Crippen molar-refractivity contribution in [1.82, 2.24) is 5.32 Å². The van der Waals surface area contributed by atoms with E-state index in [0.717, 1.165) is 31.7 Å². The number of hydrogen-bond acceptors (Lipinski definition) is 3. The van der Waals surface area contributed by atoms with E-state index in [-0.39, 0.29) is 12.1 Å². The van der Waals surface area contributed by atoms with Crippen LogP contribution in [0.25, 0.3) is 0 Å². The van der Waals surface area contributed by atoms with Crippen LogP contribution in [0.1, 0.15) is 45.2 Å². The van der Waals surface area contributed by atoms with Crippen molar-refractivity contribution in [1.29, 1.82) is 0 Å². The number of rotatable bonds is 7. The van der Waals surface area contributed by atoms with Gasteiger partial charge in [-0.3, -0.25) is 0 Å². The van der Waals surface area contributed by atoms with Gasteiger partial charge in [0.05, 0.1) is 18.8 Å². The maximum atomic E-state index is 5.99. The van der Waals surface area contributed by atoms with Crippen LogP contribution in [0.4, 0.5) is 0 Å². The van der Waals surface area contributed by atoms with E-state index >= 15 is 0 Å². The molecule has 1 aromatic carbocycles. The van der Waals surface area contributed by atoms with Crippen LogP contribution in [-0.2, 0) is 4.74 Å². The summed E-state index contributed by atoms with van der Waals surface area (Å²) in [6.07, 6.45) is 2.50. The highest BCUT2D eigenvalue weighted by Crippen LogP contribution is 2.35. The van der Waals surface area contributed by atoms with Crippen LogP contribution in [0.3, 0.4) is 0 Å². The normalized spacial score (nSPS) is 23.8. The number of nitrogens with one attached hydrogen (secondary N) is 1. The van der Waals surface area contributed by atoms with Crippen LogP contribution < -0.4 is 10.1 Å². The summed E-state index contributed by atoms with van der Waals surface area (Å²) < 4.78 is 11.8. The van der Waals surface area contributed by atoms with Gasteiger partial charge in [0.2, 0.25) is 0 Å². The Bertz CT molecular complexity index is 408. The van der Waals surface area contributed by atoms with Crippen molar-refractivity contribution < 1.29 is 9.47 Å². The second kappa shape index (κ2) is 7.65. The van der Waals surface area contributed by atoms with E-state index in [4.69, 9.17) is 9.47 Å². The van der Waals surface area contributed by atoms with E-state index in [9.17, 15) is 0 Å². The first-order chi connectivity index (χ1) is 9.77. The van der Waals surface area contributed by atoms with Crippen molar-refractivity contribution in [3.05, 3.63) is 29.8 Å². The zero-order valence-corrected chi connectivity index (χ0v) is 12.9. The summed E-state index contributed by atoms with van der Waals surface area (Å²) in [5.74, 6) is 1.56. The van der Waals surface area contributed by atoms with Gasteiger partial charge in [0.25, 0.3) is 0 Å². The summed E-state index contributed by atoms with van der Waals surface area (Å²) in [5.41, 5.74) is 1.22. The highest BCUT2D eigenvalue weighted by atomic mass is 16.5. The Balaban J connectivity index is 2.25. The van der Waals surface area contributed by atoms with Crippen molar-refractivity contribution in [2.45, 2.75) is 45.8 Å². The van der Waals surface area contributed by atoms with E-state index in [1.165, 1.54) is 5.56 Å². The molecule has 1 saturated heterocycles. The molecular weight excluding hydrogens is 250 g/mol. The number of hydrogen-bond donors (Lipinski definition) is 1. The van der Waals surface area contributed by atoms with Gasteiger partial charge in [0.15, 0.2) is 0 Å². The van der Waals surface area contributed by atoms with Crippen molar-refractivity contribution in [2.75, 3.05) is 19.8 Å². The zero-order valence-electron chi connectivity index (χ0n) is 12.9. The Hall–Kier alpha value is -1.06. The van der Waals surface area contributed by atoms with Gasteiger partial charge in [-0.1, -0.05) is 32.0 Å². The SMILES string of the molecule is CCCNC(c1ccccc1OCC)C1OCCC1C. The topological polar surface area (TPSA) is 30.5 Å². The third kappa shape index (κ3) is 3.53. The molecule has 0 spiro atoms. The molecule has 1 aliphatic heterocycles. The van der Waals surface area contributed by atoms with Crippen molar-refractivity contribution in [3.8, 4) is 5.75 Å². The molecule has 0 aliphatic carbocycles. The van der Waals surface area contributed by atoms with Gasteiger partial charge in [-0.2, -0.15) is 0 Å². The fourth-order valence-corrected chi connectivity index (χ4v) is 2.87. The molecule has 0 radical (unpaired) electrons. The van der Waals surface area contributed by atoms with Gasteiger partial charge in [0, 0.05) is 12.2 Å². The third-order valence-corrected chi connectivity index (χ3v) is 3.94. The van der Waals surface area contributed by atoms with Gasteiger partial charge in [-0.15, -0.1) is 0 Å². The van der Waals surface area contributed by atoms with E-state index in [0.29, 0.717) is 12.5 Å². The molecule has 2 rings (SSSR count). The molecule has 3 heteroatoms. The number of benzene rings is 1. The Morgan fingerprint density at radius 3 is 2.80 bits per heavy atom. The molecule has 3 nitrogen and oxygen atoms in total. The first-order valence-corrected chi connectivity index (χ1v) is 7.84. The molecular formula is C17H27NO2. The molecule has 1 heterocycles. The van der Waals surface area contributed by atoms with Crippen LogP contribution in [0.15, 0.2) is 24.3 Å². The Morgan fingerprint density at radius 1 is 1.35 bits per heavy atom. The zero-order chi connectivity index (χ0) is 14.4. The molecule has 1 N–H and O–H groups in total. The maximum absolute atomic E-state index is 5.99. The number of ether oxygens (including phenoxy) is 2. The maximum Gasteiger partial charge on any atom is 0.124 e. The Morgan fingerprint density at radius 2 is 2.15 bits per heavy atom. The minimum atomic E-state index is 0.218. The highest BCUT2D eigenvalue weighted by Gasteiger charge is 2.34. The Labute approximate surface area is 122 Å². The summed E-state index contributed by atoms with van der Waals surface area (Å²) in [5, 5.41) is 3.65. The smallest absolute Gasteiger partial charge is 0.124 e. The monoisotopic (exact) mass is 277 g/mol. The molecule has 1 fully saturated rings. The molecule has 0 amide bonds. The largest absolute Gasteiger partial charge is 0.494 e. The van der Waals surface area contributed by atoms with Crippen LogP contribution in [0, 0.1) is 5.92 Å². The second-order valence-electron chi connectivity index (χ2n) is 5.50. The Kier molecular flexibility index (Phi) is 5.86. The molecule has 3 atom stereocenters. The van der Waals surface area contributed by atoms with Gasteiger partial charge < -0.3 is 14.8 Å². The lowest BCUT2D eigenvalue weighted by Gasteiger charge is -2.29. The quantitative estimate of drug-likeness (QED) is 0.826. The first kappa shape index (κ1) is 15.3. The summed E-state index contributed by atoms with van der Waals surface area (Å²) in [6.45, 7) is 9.06. The third-order valence-electron chi connectivity index (χ3n) is 3.94. The van der Waals surface area contributed by atoms with Crippen molar-refractivity contribution >= 4 is 0 Å². The van der Waals surface area contributed by atoms with Crippen molar-refractivity contribution in [3.63, 3.8) is 0 Å². The predicted molar refractivity (Wildman–Crippen MR) is 82.2 cm³/mol. The molecule has 0 saturated carbocycles. The van der Waals surface area contributed by atoms with Crippen LogP contribution >= 0.6 is 0 Å². The van der Waals surface area contributed by atoms with E-state index < -0.39 is 0 Å². The molecule has 1 aromatic rings. The van der Waals surface area contributed by atoms with Gasteiger partial charge in [-0.25, -0.2) is 0 Å². The molecule has 20 heavy (non-hydrogen) atoms. The summed E-state index contributed by atoms with van der Waals surface area (Å²) in [4.78, 5) is 0. The lowest BCUT2D eigenvalue weighted by molar-refractivity contribution is 0.0597. The molecule has 3 unspecified atom stereocenters. The van der Waals surface area contributed by atoms with Crippen LogP contribution in [0.2, 0.25) is 0 Å². The molecule has 112 valence electrons. The fraction of sp³-hybridized carbons (Fsp3) is 0.647. The van der Waals surface area contributed by atoms with E-state index in [1.807, 2.05) is 13.0 Å². The van der Waals surface area contributed by atoms with Crippen LogP contribution in [-0.4, -0.2) is 25.9 Å². The molecule has 1 aliphatic rings. The van der Waals surface area contributed by atoms with E-state index in [2.05, 4.69) is 37.4 Å².